The predicted octanol–water partition coefficient (Wildman–Crippen LogP) is 3.59. The van der Waals surface area contributed by atoms with E-state index in [1.54, 1.807) is 43.3 Å². The second-order valence-corrected chi connectivity index (χ2v) is 4.53. The van der Waals surface area contributed by atoms with Crippen molar-refractivity contribution in [3.05, 3.63) is 65.0 Å². The van der Waals surface area contributed by atoms with Gasteiger partial charge in [-0.2, -0.15) is 0 Å². The summed E-state index contributed by atoms with van der Waals surface area (Å²) in [5, 5.41) is 2.59. The van der Waals surface area contributed by atoms with Gasteiger partial charge in [-0.05, 0) is 37.6 Å². The Morgan fingerprint density at radius 3 is 2.50 bits per heavy atom. The van der Waals surface area contributed by atoms with Gasteiger partial charge >= 0.3 is 0 Å². The molecule has 0 saturated heterocycles. The number of hydrogen-bond donors (Lipinski definition) is 1. The highest BCUT2D eigenvalue weighted by Gasteiger charge is 2.13. The van der Waals surface area contributed by atoms with Gasteiger partial charge in [0, 0.05) is 11.3 Å². The minimum absolute atomic E-state index is 0.0155. The highest BCUT2D eigenvalue weighted by molar-refractivity contribution is 6.05. The lowest BCUT2D eigenvalue weighted by molar-refractivity contribution is 0.100. The van der Waals surface area contributed by atoms with Crippen LogP contribution in [-0.2, 0) is 0 Å². The zero-order chi connectivity index (χ0) is 14.7. The van der Waals surface area contributed by atoms with Crippen molar-refractivity contribution in [1.29, 1.82) is 0 Å². The molecule has 0 atom stereocenters. The zero-order valence-corrected chi connectivity index (χ0v) is 11.2. The van der Waals surface area contributed by atoms with Gasteiger partial charge < -0.3 is 5.32 Å². The van der Waals surface area contributed by atoms with Gasteiger partial charge in [0.15, 0.2) is 5.78 Å². The van der Waals surface area contributed by atoms with Crippen LogP contribution >= 0.6 is 0 Å². The average Bonchev–Trinajstić information content (AvgIpc) is 2.42. The molecule has 0 aromatic heterocycles. The standard InChI is InChI=1S/C16H14FNO2/c1-10-5-3-8-14(15(10)17)16(20)18-13-7-4-6-12(9-13)11(2)19/h3-9H,1-2H3,(H,18,20). The summed E-state index contributed by atoms with van der Waals surface area (Å²) in [5.41, 5.74) is 1.35. The van der Waals surface area contributed by atoms with E-state index in [1.165, 1.54) is 13.0 Å². The maximum Gasteiger partial charge on any atom is 0.258 e. The van der Waals surface area contributed by atoms with Crippen LogP contribution in [0, 0.1) is 12.7 Å². The number of halogens is 1. The van der Waals surface area contributed by atoms with E-state index >= 15 is 0 Å². The topological polar surface area (TPSA) is 46.2 Å². The Kier molecular flexibility index (Phi) is 3.94. The number of benzene rings is 2. The first-order valence-electron chi connectivity index (χ1n) is 6.16. The Hall–Kier alpha value is -2.49. The third-order valence-corrected chi connectivity index (χ3v) is 2.96. The molecule has 2 aromatic rings. The van der Waals surface area contributed by atoms with E-state index in [4.69, 9.17) is 0 Å². The van der Waals surface area contributed by atoms with Crippen molar-refractivity contribution in [2.45, 2.75) is 13.8 Å². The molecule has 0 aliphatic rings. The van der Waals surface area contributed by atoms with Gasteiger partial charge in [0.1, 0.15) is 5.82 Å². The van der Waals surface area contributed by atoms with Crippen LogP contribution in [0.2, 0.25) is 0 Å². The van der Waals surface area contributed by atoms with Crippen molar-refractivity contribution in [2.75, 3.05) is 5.32 Å². The van der Waals surface area contributed by atoms with Crippen LogP contribution in [0.5, 0.6) is 0 Å². The summed E-state index contributed by atoms with van der Waals surface area (Å²) in [6, 6.07) is 11.2. The first-order chi connectivity index (χ1) is 9.49. The Labute approximate surface area is 116 Å². The van der Waals surface area contributed by atoms with E-state index in [2.05, 4.69) is 5.32 Å². The minimum atomic E-state index is -0.535. The molecule has 20 heavy (non-hydrogen) atoms. The van der Waals surface area contributed by atoms with Gasteiger partial charge in [-0.1, -0.05) is 24.3 Å². The highest BCUT2D eigenvalue weighted by Crippen LogP contribution is 2.16. The molecule has 0 aliphatic heterocycles. The maximum absolute atomic E-state index is 13.8. The van der Waals surface area contributed by atoms with Crippen LogP contribution in [0.4, 0.5) is 10.1 Å². The molecule has 3 nitrogen and oxygen atoms in total. The molecular weight excluding hydrogens is 257 g/mol. The molecule has 1 amide bonds. The maximum atomic E-state index is 13.8. The van der Waals surface area contributed by atoms with Crippen LogP contribution in [0.15, 0.2) is 42.5 Å². The number of rotatable bonds is 3. The number of hydrogen-bond acceptors (Lipinski definition) is 2. The Morgan fingerprint density at radius 2 is 1.80 bits per heavy atom. The molecule has 0 unspecified atom stereocenters. The lowest BCUT2D eigenvalue weighted by atomic mass is 10.1. The molecule has 4 heteroatoms. The van der Waals surface area contributed by atoms with Crippen molar-refractivity contribution >= 4 is 17.4 Å². The Morgan fingerprint density at radius 1 is 1.10 bits per heavy atom. The fourth-order valence-electron chi connectivity index (χ4n) is 1.84. The molecule has 0 heterocycles. The monoisotopic (exact) mass is 271 g/mol. The summed E-state index contributed by atoms with van der Waals surface area (Å²) in [6.07, 6.45) is 0. The number of nitrogens with one attached hydrogen (secondary N) is 1. The number of anilines is 1. The fourth-order valence-corrected chi connectivity index (χ4v) is 1.84. The van der Waals surface area contributed by atoms with Crippen molar-refractivity contribution in [1.82, 2.24) is 0 Å². The Bertz CT molecular complexity index is 680. The third-order valence-electron chi connectivity index (χ3n) is 2.96. The summed E-state index contributed by atoms with van der Waals surface area (Å²) in [7, 11) is 0. The number of carbonyl (C=O) groups is 2. The molecule has 0 aliphatic carbocycles. The fraction of sp³-hybridized carbons (Fsp3) is 0.125. The number of amides is 1. The molecule has 0 saturated carbocycles. The number of carbonyl (C=O) groups excluding carboxylic acids is 2. The van der Waals surface area contributed by atoms with Crippen LogP contribution in [0.3, 0.4) is 0 Å². The quantitative estimate of drug-likeness (QED) is 0.867. The highest BCUT2D eigenvalue weighted by atomic mass is 19.1. The first-order valence-corrected chi connectivity index (χ1v) is 6.16. The van der Waals surface area contributed by atoms with Crippen LogP contribution in [-0.4, -0.2) is 11.7 Å². The van der Waals surface area contributed by atoms with Crippen molar-refractivity contribution in [3.63, 3.8) is 0 Å². The van der Waals surface area contributed by atoms with Gasteiger partial charge in [-0.3, -0.25) is 9.59 Å². The van der Waals surface area contributed by atoms with Crippen LogP contribution in [0.1, 0.15) is 33.2 Å². The summed E-state index contributed by atoms with van der Waals surface area (Å²) < 4.78 is 13.8. The third kappa shape index (κ3) is 2.91. The van der Waals surface area contributed by atoms with Gasteiger partial charge in [0.05, 0.1) is 5.56 Å². The molecular formula is C16H14FNO2. The van der Waals surface area contributed by atoms with Crippen LogP contribution < -0.4 is 5.32 Å². The summed E-state index contributed by atoms with van der Waals surface area (Å²) in [5.74, 6) is -1.16. The second kappa shape index (κ2) is 5.65. The first kappa shape index (κ1) is 13.9. The lowest BCUT2D eigenvalue weighted by Gasteiger charge is -2.08. The smallest absolute Gasteiger partial charge is 0.258 e. The van der Waals surface area contributed by atoms with E-state index < -0.39 is 11.7 Å². The number of aryl methyl sites for hydroxylation is 1. The van der Waals surface area contributed by atoms with E-state index in [-0.39, 0.29) is 11.3 Å². The number of ketones is 1. The molecule has 0 bridgehead atoms. The Balaban J connectivity index is 2.26. The van der Waals surface area contributed by atoms with Crippen molar-refractivity contribution in [3.8, 4) is 0 Å². The average molecular weight is 271 g/mol. The SMILES string of the molecule is CC(=O)c1cccc(NC(=O)c2cccc(C)c2F)c1. The van der Waals surface area contributed by atoms with Crippen molar-refractivity contribution in [2.24, 2.45) is 0 Å². The molecule has 0 fully saturated rings. The van der Waals surface area contributed by atoms with E-state index in [9.17, 15) is 14.0 Å². The van der Waals surface area contributed by atoms with Crippen LogP contribution in [0.25, 0.3) is 0 Å². The summed E-state index contributed by atoms with van der Waals surface area (Å²) >= 11 is 0. The molecule has 2 aromatic carbocycles. The van der Waals surface area contributed by atoms with Gasteiger partial charge in [-0.25, -0.2) is 4.39 Å². The van der Waals surface area contributed by atoms with Gasteiger partial charge in [0.2, 0.25) is 0 Å². The summed E-state index contributed by atoms with van der Waals surface area (Å²) in [6.45, 7) is 3.05. The van der Waals surface area contributed by atoms with E-state index in [1.807, 2.05) is 0 Å². The largest absolute Gasteiger partial charge is 0.322 e. The van der Waals surface area contributed by atoms with Crippen molar-refractivity contribution < 1.29 is 14.0 Å². The molecule has 0 spiro atoms. The zero-order valence-electron chi connectivity index (χ0n) is 11.2. The molecule has 102 valence electrons. The lowest BCUT2D eigenvalue weighted by Crippen LogP contribution is -2.14. The van der Waals surface area contributed by atoms with E-state index in [0.29, 0.717) is 16.8 Å². The molecule has 1 N–H and O–H groups in total. The molecule has 2 rings (SSSR count). The summed E-state index contributed by atoms with van der Waals surface area (Å²) in [4.78, 5) is 23.3. The van der Waals surface area contributed by atoms with Gasteiger partial charge in [0.25, 0.3) is 5.91 Å². The molecule has 0 radical (unpaired) electrons. The second-order valence-electron chi connectivity index (χ2n) is 4.53. The predicted molar refractivity (Wildman–Crippen MR) is 75.5 cm³/mol. The minimum Gasteiger partial charge on any atom is -0.322 e. The number of Topliss-reactive ketones (excluding diaryl/α,β-unsaturated/α-hetero) is 1. The van der Waals surface area contributed by atoms with Gasteiger partial charge in [-0.15, -0.1) is 0 Å². The normalized spacial score (nSPS) is 10.2. The van der Waals surface area contributed by atoms with E-state index in [0.717, 1.165) is 0 Å².